The Morgan fingerprint density at radius 2 is 2.00 bits per heavy atom. The number of carbonyl (C=O) groups is 2. The highest BCUT2D eigenvalue weighted by molar-refractivity contribution is 5.85. The molecule has 2 amide bonds. The van der Waals surface area contributed by atoms with Crippen molar-refractivity contribution in [2.45, 2.75) is 25.8 Å². The van der Waals surface area contributed by atoms with Gasteiger partial charge in [0.25, 0.3) is 0 Å². The van der Waals surface area contributed by atoms with Crippen molar-refractivity contribution in [2.75, 3.05) is 32.7 Å². The second kappa shape index (κ2) is 7.95. The average molecular weight is 308 g/mol. The predicted octanol–water partition coefficient (Wildman–Crippen LogP) is -0.0840. The molecule has 0 radical (unpaired) electrons. The first kappa shape index (κ1) is 16.5. The van der Waals surface area contributed by atoms with Crippen LogP contribution in [0.1, 0.15) is 30.4 Å². The highest BCUT2D eigenvalue weighted by Crippen LogP contribution is 2.25. The van der Waals surface area contributed by atoms with E-state index in [1.165, 1.54) is 0 Å². The van der Waals surface area contributed by atoms with Crippen molar-refractivity contribution in [3.8, 4) is 0 Å². The molecule has 1 fully saturated rings. The van der Waals surface area contributed by atoms with E-state index in [0.717, 1.165) is 37.5 Å². The van der Waals surface area contributed by atoms with Gasteiger partial charge in [-0.2, -0.15) is 0 Å². The molecule has 0 spiro atoms. The molecule has 122 valence electrons. The predicted molar refractivity (Wildman–Crippen MR) is 82.1 cm³/mol. The number of nitrogens with one attached hydrogen (secondary N) is 2. The fourth-order valence-electron chi connectivity index (χ4n) is 2.62. The Morgan fingerprint density at radius 3 is 2.59 bits per heavy atom. The molecule has 0 saturated carbocycles. The molecule has 2 rings (SSSR count). The van der Waals surface area contributed by atoms with E-state index in [1.54, 1.807) is 0 Å². The first-order valence-corrected chi connectivity index (χ1v) is 7.64. The monoisotopic (exact) mass is 308 g/mol. The molecule has 1 aliphatic rings. The highest BCUT2D eigenvalue weighted by Gasteiger charge is 2.26. The van der Waals surface area contributed by atoms with Gasteiger partial charge in [-0.05, 0) is 45.0 Å². The van der Waals surface area contributed by atoms with Crippen LogP contribution in [0.5, 0.6) is 0 Å². The molecule has 1 aromatic rings. The zero-order valence-corrected chi connectivity index (χ0v) is 12.9. The zero-order valence-electron chi connectivity index (χ0n) is 12.9. The van der Waals surface area contributed by atoms with Crippen LogP contribution in [-0.2, 0) is 9.59 Å². The molecule has 0 aromatic carbocycles. The minimum absolute atomic E-state index is 0.0327. The first-order chi connectivity index (χ1) is 10.6. The Labute approximate surface area is 130 Å². The molecule has 0 bridgehead atoms. The second-order valence-electron chi connectivity index (χ2n) is 5.49. The molecule has 1 aromatic heterocycles. The van der Waals surface area contributed by atoms with Crippen molar-refractivity contribution >= 4 is 11.8 Å². The van der Waals surface area contributed by atoms with E-state index in [1.807, 2.05) is 19.1 Å². The normalized spacial score (nSPS) is 16.5. The Kier molecular flexibility index (Phi) is 5.97. The van der Waals surface area contributed by atoms with E-state index in [0.29, 0.717) is 6.54 Å². The van der Waals surface area contributed by atoms with Gasteiger partial charge >= 0.3 is 0 Å². The molecule has 1 saturated heterocycles. The van der Waals surface area contributed by atoms with Gasteiger partial charge in [0.2, 0.25) is 11.8 Å². The lowest BCUT2D eigenvalue weighted by atomic mass is 10.2. The van der Waals surface area contributed by atoms with Crippen LogP contribution in [0.2, 0.25) is 0 Å². The number of nitrogens with two attached hydrogens (primary N) is 1. The van der Waals surface area contributed by atoms with Crippen LogP contribution in [0.25, 0.3) is 0 Å². The summed E-state index contributed by atoms with van der Waals surface area (Å²) in [5.74, 6) is 1.16. The fourth-order valence-corrected chi connectivity index (χ4v) is 2.62. The third kappa shape index (κ3) is 4.57. The number of aryl methyl sites for hydroxylation is 1. The second-order valence-corrected chi connectivity index (χ2v) is 5.49. The molecular formula is C15H24N4O3. The number of carbonyl (C=O) groups excluding carboxylic acids is 2. The molecule has 2 heterocycles. The van der Waals surface area contributed by atoms with Gasteiger partial charge in [0, 0.05) is 6.54 Å². The number of hydrogen-bond acceptors (Lipinski definition) is 5. The summed E-state index contributed by atoms with van der Waals surface area (Å²) in [5.41, 5.74) is 5.18. The minimum atomic E-state index is -0.340. The van der Waals surface area contributed by atoms with Crippen molar-refractivity contribution < 1.29 is 14.0 Å². The fraction of sp³-hybridized carbons (Fsp3) is 0.600. The summed E-state index contributed by atoms with van der Waals surface area (Å²) in [6.45, 7) is 4.21. The largest absolute Gasteiger partial charge is 0.465 e. The Morgan fingerprint density at radius 1 is 1.27 bits per heavy atom. The van der Waals surface area contributed by atoms with Crippen LogP contribution in [0.3, 0.4) is 0 Å². The number of amides is 2. The van der Waals surface area contributed by atoms with Crippen LogP contribution in [-0.4, -0.2) is 49.4 Å². The number of likely N-dealkylation sites (tertiary alicyclic amines) is 1. The molecule has 0 aliphatic carbocycles. The summed E-state index contributed by atoms with van der Waals surface area (Å²) in [5, 5.41) is 5.31. The molecule has 4 N–H and O–H groups in total. The maximum absolute atomic E-state index is 11.8. The maximum atomic E-state index is 11.8. The third-order valence-electron chi connectivity index (χ3n) is 3.80. The van der Waals surface area contributed by atoms with Crippen LogP contribution in [0.4, 0.5) is 0 Å². The average Bonchev–Trinajstić information content (AvgIpc) is 3.17. The minimum Gasteiger partial charge on any atom is -0.465 e. The number of nitrogens with zero attached hydrogens (tertiary/aromatic N) is 1. The van der Waals surface area contributed by atoms with Crippen LogP contribution in [0, 0.1) is 6.92 Å². The Bertz CT molecular complexity index is 509. The topological polar surface area (TPSA) is 101 Å². The lowest BCUT2D eigenvalue weighted by Gasteiger charge is -2.26. The third-order valence-corrected chi connectivity index (χ3v) is 3.80. The number of furan rings is 1. The van der Waals surface area contributed by atoms with Gasteiger partial charge in [0.15, 0.2) is 0 Å². The van der Waals surface area contributed by atoms with E-state index < -0.39 is 0 Å². The quantitative estimate of drug-likeness (QED) is 0.654. The van der Waals surface area contributed by atoms with E-state index in [2.05, 4.69) is 15.5 Å². The van der Waals surface area contributed by atoms with E-state index in [-0.39, 0.29) is 30.9 Å². The van der Waals surface area contributed by atoms with Crippen LogP contribution in [0.15, 0.2) is 16.5 Å². The van der Waals surface area contributed by atoms with Crippen molar-refractivity contribution in [3.63, 3.8) is 0 Å². The lowest BCUT2D eigenvalue weighted by molar-refractivity contribution is -0.125. The number of hydrogen-bond donors (Lipinski definition) is 3. The molecule has 1 unspecified atom stereocenters. The summed E-state index contributed by atoms with van der Waals surface area (Å²) >= 11 is 0. The van der Waals surface area contributed by atoms with Gasteiger partial charge in [0.1, 0.15) is 11.5 Å². The molecule has 7 nitrogen and oxygen atoms in total. The van der Waals surface area contributed by atoms with Crippen LogP contribution >= 0.6 is 0 Å². The molecule has 1 atom stereocenters. The van der Waals surface area contributed by atoms with Gasteiger partial charge in [0.05, 0.1) is 19.1 Å². The Balaban J connectivity index is 1.89. The molecular weight excluding hydrogens is 284 g/mol. The maximum Gasteiger partial charge on any atom is 0.239 e. The van der Waals surface area contributed by atoms with Gasteiger partial charge in [-0.25, -0.2) is 0 Å². The summed E-state index contributed by atoms with van der Waals surface area (Å²) in [4.78, 5) is 25.2. The highest BCUT2D eigenvalue weighted by atomic mass is 16.3. The molecule has 22 heavy (non-hydrogen) atoms. The summed E-state index contributed by atoms with van der Waals surface area (Å²) < 4.78 is 5.73. The van der Waals surface area contributed by atoms with Gasteiger partial charge in [-0.1, -0.05) is 0 Å². The Hall–Kier alpha value is -1.86. The van der Waals surface area contributed by atoms with Crippen molar-refractivity contribution in [2.24, 2.45) is 5.73 Å². The van der Waals surface area contributed by atoms with Gasteiger partial charge in [-0.15, -0.1) is 0 Å². The summed E-state index contributed by atoms with van der Waals surface area (Å²) in [7, 11) is 0. The van der Waals surface area contributed by atoms with Crippen molar-refractivity contribution in [1.82, 2.24) is 15.5 Å². The zero-order chi connectivity index (χ0) is 15.9. The van der Waals surface area contributed by atoms with Gasteiger partial charge < -0.3 is 20.8 Å². The molecule has 7 heteroatoms. The molecule has 1 aliphatic heterocycles. The van der Waals surface area contributed by atoms with E-state index >= 15 is 0 Å². The summed E-state index contributed by atoms with van der Waals surface area (Å²) in [6.07, 6.45) is 2.33. The van der Waals surface area contributed by atoms with Gasteiger partial charge in [-0.3, -0.25) is 14.5 Å². The summed E-state index contributed by atoms with van der Waals surface area (Å²) in [6, 6.07) is 3.92. The lowest BCUT2D eigenvalue weighted by Crippen LogP contribution is -2.42. The smallest absolute Gasteiger partial charge is 0.239 e. The SMILES string of the molecule is Cc1ccc(C(CNC(=O)CNC(=O)CN)N2CCCC2)o1. The van der Waals surface area contributed by atoms with Crippen LogP contribution < -0.4 is 16.4 Å². The first-order valence-electron chi connectivity index (χ1n) is 7.64. The van der Waals surface area contributed by atoms with E-state index in [4.69, 9.17) is 10.2 Å². The van der Waals surface area contributed by atoms with E-state index in [9.17, 15) is 9.59 Å². The number of rotatable bonds is 7. The van der Waals surface area contributed by atoms with Crippen molar-refractivity contribution in [3.05, 3.63) is 23.7 Å². The van der Waals surface area contributed by atoms with Crippen molar-refractivity contribution in [1.29, 1.82) is 0 Å². The standard InChI is InChI=1S/C15H24N4O3/c1-11-4-5-13(22-11)12(19-6-2-3-7-19)9-17-15(21)10-18-14(20)8-16/h4-5,12H,2-3,6-10,16H2,1H3,(H,17,21)(H,18,20).